The molecule has 3 heterocycles. The second-order valence-corrected chi connectivity index (χ2v) is 9.82. The van der Waals surface area contributed by atoms with E-state index in [0.29, 0.717) is 12.5 Å². The number of amides is 1. The maximum atomic E-state index is 13.0. The summed E-state index contributed by atoms with van der Waals surface area (Å²) in [6, 6.07) is 7.35. The Labute approximate surface area is 191 Å². The van der Waals surface area contributed by atoms with Crippen molar-refractivity contribution in [1.82, 2.24) is 24.7 Å². The molecule has 6 nitrogen and oxygen atoms in total. The molecule has 1 aromatic heterocycles. The minimum absolute atomic E-state index is 0.294. The molecule has 0 N–H and O–H groups in total. The molecule has 170 valence electrons. The van der Waals surface area contributed by atoms with Gasteiger partial charge in [0.1, 0.15) is 6.33 Å². The molecule has 3 aliphatic rings. The molecule has 2 unspecified atom stereocenters. The molecule has 1 amide bonds. The zero-order valence-corrected chi connectivity index (χ0v) is 19.2. The van der Waals surface area contributed by atoms with Gasteiger partial charge in [0.05, 0.1) is 6.54 Å². The van der Waals surface area contributed by atoms with Gasteiger partial charge in [-0.2, -0.15) is 0 Å². The van der Waals surface area contributed by atoms with Gasteiger partial charge in [0.25, 0.3) is 0 Å². The van der Waals surface area contributed by atoms with Crippen LogP contribution in [0.4, 0.5) is 0 Å². The average molecular weight is 434 g/mol. The predicted molar refractivity (Wildman–Crippen MR) is 126 cm³/mol. The Morgan fingerprint density at radius 3 is 2.53 bits per heavy atom. The van der Waals surface area contributed by atoms with Crippen LogP contribution in [0.15, 0.2) is 36.9 Å². The van der Waals surface area contributed by atoms with Crippen molar-refractivity contribution < 1.29 is 4.79 Å². The van der Waals surface area contributed by atoms with E-state index in [1.54, 1.807) is 6.33 Å². The van der Waals surface area contributed by atoms with E-state index in [1.165, 1.54) is 42.4 Å². The lowest BCUT2D eigenvalue weighted by Gasteiger charge is -2.43. The number of benzene rings is 1. The van der Waals surface area contributed by atoms with Crippen LogP contribution in [-0.2, 0) is 17.8 Å². The molecule has 2 aliphatic heterocycles. The molecule has 1 saturated heterocycles. The monoisotopic (exact) mass is 433 g/mol. The van der Waals surface area contributed by atoms with Crippen LogP contribution in [0.2, 0.25) is 0 Å². The van der Waals surface area contributed by atoms with Gasteiger partial charge in [-0.05, 0) is 41.9 Å². The number of rotatable bonds is 4. The van der Waals surface area contributed by atoms with E-state index in [2.05, 4.69) is 49.8 Å². The van der Waals surface area contributed by atoms with Crippen molar-refractivity contribution in [3.05, 3.63) is 48.0 Å². The molecule has 1 saturated carbocycles. The maximum Gasteiger partial charge on any atom is 0.236 e. The zero-order valence-electron chi connectivity index (χ0n) is 19.2. The van der Waals surface area contributed by atoms with Crippen molar-refractivity contribution in [2.24, 2.45) is 5.92 Å². The maximum absolute atomic E-state index is 13.0. The van der Waals surface area contributed by atoms with E-state index < -0.39 is 0 Å². The largest absolute Gasteiger partial charge is 0.339 e. The summed E-state index contributed by atoms with van der Waals surface area (Å²) in [6.45, 7) is 8.58. The minimum atomic E-state index is 0.294. The van der Waals surface area contributed by atoms with Crippen LogP contribution in [0, 0.1) is 5.92 Å². The number of piperazine rings is 1. The number of aromatic nitrogens is 2. The van der Waals surface area contributed by atoms with Gasteiger partial charge in [-0.1, -0.05) is 38.0 Å². The fraction of sp³-hybridized carbons (Fsp3) is 0.577. The van der Waals surface area contributed by atoms with Crippen molar-refractivity contribution >= 4 is 5.91 Å². The van der Waals surface area contributed by atoms with Gasteiger partial charge in [-0.3, -0.25) is 14.6 Å². The Bertz CT molecular complexity index is 925. The van der Waals surface area contributed by atoms with Crippen molar-refractivity contribution in [3.8, 4) is 11.1 Å². The highest BCUT2D eigenvalue weighted by molar-refractivity contribution is 5.78. The predicted octanol–water partition coefficient (Wildman–Crippen LogP) is 3.22. The Balaban J connectivity index is 1.14. The summed E-state index contributed by atoms with van der Waals surface area (Å²) in [5, 5.41) is 0. The highest BCUT2D eigenvalue weighted by Gasteiger charge is 2.31. The number of hydrogen-bond acceptors (Lipinski definition) is 5. The van der Waals surface area contributed by atoms with Gasteiger partial charge in [0, 0.05) is 63.3 Å². The first-order valence-corrected chi connectivity index (χ1v) is 12.3. The van der Waals surface area contributed by atoms with E-state index in [4.69, 9.17) is 0 Å². The van der Waals surface area contributed by atoms with Crippen LogP contribution < -0.4 is 0 Å². The summed E-state index contributed by atoms with van der Waals surface area (Å²) < 4.78 is 0. The van der Waals surface area contributed by atoms with E-state index in [1.807, 2.05) is 12.4 Å². The van der Waals surface area contributed by atoms with Crippen LogP contribution >= 0.6 is 0 Å². The van der Waals surface area contributed by atoms with Gasteiger partial charge >= 0.3 is 0 Å². The fourth-order valence-electron chi connectivity index (χ4n) is 5.81. The first-order valence-electron chi connectivity index (χ1n) is 12.3. The molecule has 6 heteroatoms. The molecule has 0 spiro atoms. The second kappa shape index (κ2) is 9.67. The van der Waals surface area contributed by atoms with Crippen molar-refractivity contribution in [2.75, 3.05) is 39.3 Å². The molecule has 5 rings (SSSR count). The first-order chi connectivity index (χ1) is 15.7. The minimum Gasteiger partial charge on any atom is -0.339 e. The smallest absolute Gasteiger partial charge is 0.236 e. The topological polar surface area (TPSA) is 52.6 Å². The molecular formula is C26H35N5O. The third-order valence-corrected chi connectivity index (χ3v) is 7.75. The molecule has 2 fully saturated rings. The Hall–Kier alpha value is -2.31. The third kappa shape index (κ3) is 4.71. The van der Waals surface area contributed by atoms with Crippen LogP contribution in [0.3, 0.4) is 0 Å². The summed E-state index contributed by atoms with van der Waals surface area (Å²) in [5.74, 6) is 1.09. The summed E-state index contributed by atoms with van der Waals surface area (Å²) in [7, 11) is 0. The van der Waals surface area contributed by atoms with Crippen LogP contribution in [-0.4, -0.2) is 75.9 Å². The first kappa shape index (κ1) is 21.5. The highest BCUT2D eigenvalue weighted by atomic mass is 16.2. The molecule has 0 bridgehead atoms. The lowest BCUT2D eigenvalue weighted by Crippen LogP contribution is -2.55. The lowest BCUT2D eigenvalue weighted by atomic mass is 9.84. The van der Waals surface area contributed by atoms with Gasteiger partial charge in [-0.15, -0.1) is 0 Å². The van der Waals surface area contributed by atoms with E-state index in [9.17, 15) is 4.79 Å². The van der Waals surface area contributed by atoms with E-state index >= 15 is 0 Å². The van der Waals surface area contributed by atoms with E-state index in [-0.39, 0.29) is 0 Å². The quantitative estimate of drug-likeness (QED) is 0.741. The summed E-state index contributed by atoms with van der Waals surface area (Å²) in [6.07, 6.45) is 11.7. The van der Waals surface area contributed by atoms with Crippen LogP contribution in [0.25, 0.3) is 11.1 Å². The second-order valence-electron chi connectivity index (χ2n) is 9.82. The SMILES string of the molecule is CC1CCCCC1N1CCN(C(=O)CN2CCc3cc(-c4cncnc4)ccc3C2)CC1. The molecule has 2 atom stereocenters. The van der Waals surface area contributed by atoms with Crippen molar-refractivity contribution in [2.45, 2.75) is 51.6 Å². The standard InChI is InChI=1S/C26H35N5O/c1-20-4-2-3-5-25(20)30-10-12-31(13-11-30)26(32)18-29-9-8-22-14-21(6-7-23(22)17-29)24-15-27-19-28-16-24/h6-7,14-16,19-20,25H,2-5,8-13,17-18H2,1H3. The van der Waals surface area contributed by atoms with Crippen LogP contribution in [0.5, 0.6) is 0 Å². The molecule has 1 aliphatic carbocycles. The van der Waals surface area contributed by atoms with Crippen LogP contribution in [0.1, 0.15) is 43.7 Å². The molecule has 2 aromatic rings. The Morgan fingerprint density at radius 1 is 0.969 bits per heavy atom. The van der Waals surface area contributed by atoms with Crippen molar-refractivity contribution in [1.29, 1.82) is 0 Å². The fourth-order valence-corrected chi connectivity index (χ4v) is 5.81. The van der Waals surface area contributed by atoms with Gasteiger partial charge in [-0.25, -0.2) is 9.97 Å². The van der Waals surface area contributed by atoms with Crippen molar-refractivity contribution in [3.63, 3.8) is 0 Å². The molecular weight excluding hydrogens is 398 g/mol. The summed E-state index contributed by atoms with van der Waals surface area (Å²) >= 11 is 0. The number of hydrogen-bond donors (Lipinski definition) is 0. The molecule has 0 radical (unpaired) electrons. The molecule has 1 aromatic carbocycles. The molecule has 32 heavy (non-hydrogen) atoms. The number of carbonyl (C=O) groups excluding carboxylic acids is 1. The number of carbonyl (C=O) groups is 1. The lowest BCUT2D eigenvalue weighted by molar-refractivity contribution is -0.135. The Morgan fingerprint density at radius 2 is 1.75 bits per heavy atom. The normalized spacial score (nSPS) is 24.8. The van der Waals surface area contributed by atoms with E-state index in [0.717, 1.165) is 63.2 Å². The average Bonchev–Trinajstić information content (AvgIpc) is 2.85. The highest BCUT2D eigenvalue weighted by Crippen LogP contribution is 2.29. The number of fused-ring (bicyclic) bond motifs is 1. The van der Waals surface area contributed by atoms with Gasteiger partial charge in [0.15, 0.2) is 0 Å². The zero-order chi connectivity index (χ0) is 21.9. The van der Waals surface area contributed by atoms with Gasteiger partial charge in [0.2, 0.25) is 5.91 Å². The summed E-state index contributed by atoms with van der Waals surface area (Å²) in [4.78, 5) is 28.3. The Kier molecular flexibility index (Phi) is 6.51. The van der Waals surface area contributed by atoms with Gasteiger partial charge < -0.3 is 4.90 Å². The summed E-state index contributed by atoms with van der Waals surface area (Å²) in [5.41, 5.74) is 4.93. The number of nitrogens with zero attached hydrogens (tertiary/aromatic N) is 5. The third-order valence-electron chi connectivity index (χ3n) is 7.75.